The summed E-state index contributed by atoms with van der Waals surface area (Å²) in [4.78, 5) is 47.7. The molecule has 3 N–H and O–H groups in total. The highest BCUT2D eigenvalue weighted by Crippen LogP contribution is 2.38. The number of piperidine rings is 1. The van der Waals surface area contributed by atoms with E-state index in [-0.39, 0.29) is 42.2 Å². The minimum Gasteiger partial charge on any atom is -0.436 e. The lowest BCUT2D eigenvalue weighted by atomic mass is 10.0. The maximum Gasteiger partial charge on any atom is 0.418 e. The van der Waals surface area contributed by atoms with Crippen molar-refractivity contribution in [3.05, 3.63) is 58.1 Å². The molecule has 2 aromatic carbocycles. The van der Waals surface area contributed by atoms with E-state index < -0.39 is 35.5 Å². The van der Waals surface area contributed by atoms with Crippen molar-refractivity contribution in [3.63, 3.8) is 0 Å². The first-order chi connectivity index (χ1) is 23.5. The lowest BCUT2D eigenvalue weighted by Gasteiger charge is -2.41. The van der Waals surface area contributed by atoms with Crippen LogP contribution in [0.1, 0.15) is 42.4 Å². The van der Waals surface area contributed by atoms with E-state index in [4.69, 9.17) is 26.8 Å². The number of likely N-dealkylation sites (tertiary alicyclic amines) is 1. The van der Waals surface area contributed by atoms with Crippen molar-refractivity contribution in [3.8, 4) is 0 Å². The van der Waals surface area contributed by atoms with Gasteiger partial charge in [0.15, 0.2) is 6.10 Å². The summed E-state index contributed by atoms with van der Waals surface area (Å²) in [5.74, 6) is -0.475. The Morgan fingerprint density at radius 1 is 0.959 bits per heavy atom. The van der Waals surface area contributed by atoms with Crippen molar-refractivity contribution in [2.45, 2.75) is 62.9 Å². The molecule has 0 radical (unpaired) electrons. The second-order valence-electron chi connectivity index (χ2n) is 13.1. The summed E-state index contributed by atoms with van der Waals surface area (Å²) in [7, 11) is 0. The number of piperazine rings is 1. The average Bonchev–Trinajstić information content (AvgIpc) is 3.27. The smallest absolute Gasteiger partial charge is 0.418 e. The number of hydrogen-bond donors (Lipinski definition) is 2. The van der Waals surface area contributed by atoms with Gasteiger partial charge in [-0.2, -0.15) is 13.2 Å². The summed E-state index contributed by atoms with van der Waals surface area (Å²) >= 11 is 6.10. The van der Waals surface area contributed by atoms with Crippen LogP contribution in [0.25, 0.3) is 0 Å². The van der Waals surface area contributed by atoms with Crippen molar-refractivity contribution >= 4 is 41.0 Å². The van der Waals surface area contributed by atoms with Crippen LogP contribution in [0.5, 0.6) is 0 Å². The van der Waals surface area contributed by atoms with Gasteiger partial charge in [-0.05, 0) is 61.4 Å². The first-order valence-electron chi connectivity index (χ1n) is 16.8. The first kappa shape index (κ1) is 35.1. The number of nitrogens with one attached hydrogen (secondary N) is 1. The summed E-state index contributed by atoms with van der Waals surface area (Å²) in [6.07, 6.45) is -3.63. The minimum absolute atomic E-state index is 0.0744. The van der Waals surface area contributed by atoms with Gasteiger partial charge < -0.3 is 35.2 Å². The van der Waals surface area contributed by atoms with Gasteiger partial charge in [0.25, 0.3) is 5.91 Å². The number of alkyl halides is 3. The van der Waals surface area contributed by atoms with Crippen LogP contribution >= 0.6 is 11.6 Å². The lowest BCUT2D eigenvalue weighted by molar-refractivity contribution is -0.143. The van der Waals surface area contributed by atoms with Gasteiger partial charge in [-0.3, -0.25) is 9.69 Å². The van der Waals surface area contributed by atoms with Crippen LogP contribution in [0.3, 0.4) is 0 Å². The summed E-state index contributed by atoms with van der Waals surface area (Å²) < 4.78 is 52.6. The molecule has 49 heavy (non-hydrogen) atoms. The van der Waals surface area contributed by atoms with E-state index in [2.05, 4.69) is 10.2 Å². The predicted octanol–water partition coefficient (Wildman–Crippen LogP) is 4.87. The molecular weight excluding hydrogens is 665 g/mol. The molecule has 0 bridgehead atoms. The second kappa shape index (κ2) is 15.0. The van der Waals surface area contributed by atoms with E-state index in [0.29, 0.717) is 71.2 Å². The standard InChI is InChI=1S/C34H42ClF3N6O5/c35-27-20-22(19-26(30(27)39)34(36,37)38)21-29(31(45)42-15-13-41(14-16-42)24-8-17-48-18-9-24)49-33(47)43-10-6-25(7-11-43)44-12-5-23-3-1-2-4-28(23)40-32(44)46/h1-4,19-20,24-25,29H,5-18,21,39H2,(H,40,46)/t29-/m1/s1. The van der Waals surface area contributed by atoms with Gasteiger partial charge in [0, 0.05) is 83.2 Å². The number of nitrogens with two attached hydrogens (primary N) is 1. The molecule has 3 saturated heterocycles. The third-order valence-corrected chi connectivity index (χ3v) is 10.4. The number of ether oxygens (including phenoxy) is 2. The van der Waals surface area contributed by atoms with Crippen molar-refractivity contribution in [2.75, 3.05) is 70.1 Å². The quantitative estimate of drug-likeness (QED) is 0.412. The molecule has 2 aromatic rings. The Hall–Kier alpha value is -3.75. The van der Waals surface area contributed by atoms with E-state index >= 15 is 0 Å². The van der Waals surface area contributed by atoms with E-state index in [1.807, 2.05) is 24.3 Å². The topological polar surface area (TPSA) is 121 Å². The van der Waals surface area contributed by atoms with Gasteiger partial charge in [0.05, 0.1) is 16.3 Å². The Bertz CT molecular complexity index is 1520. The molecule has 4 aliphatic heterocycles. The van der Waals surface area contributed by atoms with Gasteiger partial charge in [-0.15, -0.1) is 0 Å². The molecule has 0 unspecified atom stereocenters. The summed E-state index contributed by atoms with van der Waals surface area (Å²) in [5, 5.41) is 2.69. The largest absolute Gasteiger partial charge is 0.436 e. The molecule has 15 heteroatoms. The minimum atomic E-state index is -4.77. The summed E-state index contributed by atoms with van der Waals surface area (Å²) in [5.41, 5.74) is 5.85. The SMILES string of the molecule is Nc1c(Cl)cc(C[C@@H](OC(=O)N2CCC(N3CCc4ccccc4NC3=O)CC2)C(=O)N2CCN(C3CCOCC3)CC2)cc1C(F)(F)F. The van der Waals surface area contributed by atoms with Crippen molar-refractivity contribution in [2.24, 2.45) is 0 Å². The monoisotopic (exact) mass is 706 g/mol. The molecule has 6 rings (SSSR count). The number of carbonyl (C=O) groups excluding carboxylic acids is 3. The Morgan fingerprint density at radius 2 is 1.65 bits per heavy atom. The van der Waals surface area contributed by atoms with E-state index in [1.165, 1.54) is 11.0 Å². The Kier molecular flexibility index (Phi) is 10.8. The highest BCUT2D eigenvalue weighted by molar-refractivity contribution is 6.33. The molecule has 266 valence electrons. The number of nitrogen functional groups attached to an aromatic ring is 1. The normalized spacial score (nSPS) is 20.7. The maximum atomic E-state index is 13.9. The van der Waals surface area contributed by atoms with Crippen LogP contribution in [0.2, 0.25) is 5.02 Å². The summed E-state index contributed by atoms with van der Waals surface area (Å²) in [6, 6.07) is 9.90. The van der Waals surface area contributed by atoms with E-state index in [1.54, 1.807) is 9.80 Å². The van der Waals surface area contributed by atoms with Gasteiger partial charge in [0.2, 0.25) is 0 Å². The van der Waals surface area contributed by atoms with Gasteiger partial charge >= 0.3 is 18.3 Å². The van der Waals surface area contributed by atoms with Crippen molar-refractivity contribution < 1.29 is 37.0 Å². The number of urea groups is 1. The Balaban J connectivity index is 1.12. The van der Waals surface area contributed by atoms with Crippen LogP contribution < -0.4 is 11.1 Å². The number of amides is 4. The third-order valence-electron chi connectivity index (χ3n) is 10.1. The van der Waals surface area contributed by atoms with Gasteiger partial charge in [-0.1, -0.05) is 29.8 Å². The molecule has 4 heterocycles. The van der Waals surface area contributed by atoms with E-state index in [0.717, 1.165) is 30.2 Å². The third kappa shape index (κ3) is 8.18. The fourth-order valence-corrected chi connectivity index (χ4v) is 7.52. The fourth-order valence-electron chi connectivity index (χ4n) is 7.28. The van der Waals surface area contributed by atoms with Crippen molar-refractivity contribution in [1.82, 2.24) is 19.6 Å². The zero-order chi connectivity index (χ0) is 34.7. The first-order valence-corrected chi connectivity index (χ1v) is 17.2. The molecule has 0 spiro atoms. The summed E-state index contributed by atoms with van der Waals surface area (Å²) in [6.45, 7) is 4.57. The fraction of sp³-hybridized carbons (Fsp3) is 0.559. The van der Waals surface area contributed by atoms with Crippen molar-refractivity contribution in [1.29, 1.82) is 0 Å². The molecule has 0 saturated carbocycles. The zero-order valence-electron chi connectivity index (χ0n) is 27.2. The predicted molar refractivity (Wildman–Crippen MR) is 177 cm³/mol. The Morgan fingerprint density at radius 3 is 2.35 bits per heavy atom. The number of benzene rings is 2. The average molecular weight is 707 g/mol. The second-order valence-corrected chi connectivity index (χ2v) is 13.5. The molecule has 3 fully saturated rings. The number of carbonyl (C=O) groups is 3. The van der Waals surface area contributed by atoms with Crippen LogP contribution in [0.4, 0.5) is 34.1 Å². The number of para-hydroxylation sites is 1. The molecule has 11 nitrogen and oxygen atoms in total. The number of anilines is 2. The molecule has 4 amide bonds. The van der Waals surface area contributed by atoms with E-state index in [9.17, 15) is 27.6 Å². The number of rotatable bonds is 6. The number of halogens is 4. The van der Waals surface area contributed by atoms with Gasteiger partial charge in [0.1, 0.15) is 0 Å². The number of fused-ring (bicyclic) bond motifs is 1. The Labute approximate surface area is 288 Å². The zero-order valence-corrected chi connectivity index (χ0v) is 28.0. The van der Waals surface area contributed by atoms with Gasteiger partial charge in [-0.25, -0.2) is 9.59 Å². The van der Waals surface area contributed by atoms with Crippen LogP contribution in [0, 0.1) is 0 Å². The molecular formula is C34H42ClF3N6O5. The number of nitrogens with zero attached hydrogens (tertiary/aromatic N) is 4. The number of hydrogen-bond acceptors (Lipinski definition) is 7. The molecule has 1 atom stereocenters. The molecule has 0 aliphatic carbocycles. The molecule has 0 aromatic heterocycles. The maximum absolute atomic E-state index is 13.9. The molecule has 4 aliphatic rings. The van der Waals surface area contributed by atoms with Crippen LogP contribution in [0.15, 0.2) is 36.4 Å². The van der Waals surface area contributed by atoms with Crippen LogP contribution in [-0.4, -0.2) is 115 Å². The highest BCUT2D eigenvalue weighted by Gasteiger charge is 2.38. The lowest BCUT2D eigenvalue weighted by Crippen LogP contribution is -2.56. The van der Waals surface area contributed by atoms with Crippen LogP contribution in [-0.2, 0) is 33.3 Å². The highest BCUT2D eigenvalue weighted by atomic mass is 35.5.